The smallest absolute Gasteiger partial charge is 0.379 e. The molecule has 3 rings (SSSR count). The fourth-order valence-electron chi connectivity index (χ4n) is 3.51. The average molecular weight is 438 g/mol. The normalized spacial score (nSPS) is 15.7. The molecule has 0 bridgehead atoms. The van der Waals surface area contributed by atoms with E-state index in [0.29, 0.717) is 26.3 Å². The van der Waals surface area contributed by atoms with Crippen LogP contribution in [0.25, 0.3) is 5.69 Å². The molecule has 1 aliphatic heterocycles. The molecule has 0 radical (unpaired) electrons. The lowest BCUT2D eigenvalue weighted by atomic mass is 10.0. The van der Waals surface area contributed by atoms with E-state index in [-0.39, 0.29) is 17.9 Å². The number of ether oxygens (including phenoxy) is 1. The number of nitrogens with zero attached hydrogens (tertiary/aromatic N) is 3. The molecule has 0 aliphatic carbocycles. The zero-order valence-electron chi connectivity index (χ0n) is 17.6. The van der Waals surface area contributed by atoms with Crippen LogP contribution in [0.5, 0.6) is 0 Å². The second-order valence-corrected chi connectivity index (χ2v) is 8.02. The summed E-state index contributed by atoms with van der Waals surface area (Å²) in [5.41, 5.74) is -2.48. The summed E-state index contributed by atoms with van der Waals surface area (Å²) in [6.45, 7) is 8.24. The van der Waals surface area contributed by atoms with E-state index < -0.39 is 34.3 Å². The van der Waals surface area contributed by atoms with Crippen LogP contribution in [0.2, 0.25) is 0 Å². The predicted molar refractivity (Wildman–Crippen MR) is 108 cm³/mol. The topological polar surface area (TPSA) is 76.5 Å². The molecule has 2 heterocycles. The molecule has 1 fully saturated rings. The number of benzene rings is 1. The summed E-state index contributed by atoms with van der Waals surface area (Å²) in [7, 11) is 0. The molecular weight excluding hydrogens is 413 g/mol. The molecule has 1 saturated heterocycles. The van der Waals surface area contributed by atoms with Gasteiger partial charge in [0.15, 0.2) is 5.69 Å². The lowest BCUT2D eigenvalue weighted by Gasteiger charge is -2.40. The summed E-state index contributed by atoms with van der Waals surface area (Å²) in [6.07, 6.45) is -4.61. The number of para-hydroxylation sites is 1. The van der Waals surface area contributed by atoms with Gasteiger partial charge in [0.25, 0.3) is 5.91 Å². The molecule has 0 saturated carbocycles. The Morgan fingerprint density at radius 2 is 1.84 bits per heavy atom. The third kappa shape index (κ3) is 5.13. The number of aromatic nitrogens is 2. The first kappa shape index (κ1) is 23.0. The molecule has 168 valence electrons. The van der Waals surface area contributed by atoms with Crippen molar-refractivity contribution in [2.24, 2.45) is 0 Å². The van der Waals surface area contributed by atoms with Crippen molar-refractivity contribution in [2.45, 2.75) is 32.5 Å². The molecule has 1 aromatic heterocycles. The van der Waals surface area contributed by atoms with Crippen molar-refractivity contribution in [3.05, 3.63) is 57.5 Å². The summed E-state index contributed by atoms with van der Waals surface area (Å²) < 4.78 is 46.6. The first-order valence-corrected chi connectivity index (χ1v) is 9.89. The van der Waals surface area contributed by atoms with Gasteiger partial charge < -0.3 is 10.1 Å². The Morgan fingerprint density at radius 3 is 2.48 bits per heavy atom. The number of hydrogen-bond acceptors (Lipinski definition) is 5. The number of halogens is 3. The van der Waals surface area contributed by atoms with Crippen LogP contribution in [0, 0.1) is 6.92 Å². The number of carbonyl (C=O) groups excluding carboxylic acids is 1. The van der Waals surface area contributed by atoms with Crippen molar-refractivity contribution in [1.29, 1.82) is 0 Å². The van der Waals surface area contributed by atoms with Gasteiger partial charge in [-0.3, -0.25) is 14.5 Å². The van der Waals surface area contributed by atoms with Gasteiger partial charge in [0, 0.05) is 36.9 Å². The van der Waals surface area contributed by atoms with Crippen LogP contribution in [0.1, 0.15) is 35.6 Å². The summed E-state index contributed by atoms with van der Waals surface area (Å²) in [6, 6.07) is 6.00. The van der Waals surface area contributed by atoms with Gasteiger partial charge in [-0.15, -0.1) is 0 Å². The highest BCUT2D eigenvalue weighted by Gasteiger charge is 2.34. The first-order chi connectivity index (χ1) is 14.5. The van der Waals surface area contributed by atoms with Gasteiger partial charge in [-0.05, 0) is 32.9 Å². The Hall–Kier alpha value is -2.72. The zero-order chi connectivity index (χ0) is 22.8. The summed E-state index contributed by atoms with van der Waals surface area (Å²) in [5, 5.41) is 6.69. The second kappa shape index (κ2) is 8.80. The first-order valence-electron chi connectivity index (χ1n) is 9.89. The van der Waals surface area contributed by atoms with E-state index in [9.17, 15) is 22.8 Å². The van der Waals surface area contributed by atoms with Crippen LogP contribution >= 0.6 is 0 Å². The fourth-order valence-corrected chi connectivity index (χ4v) is 3.51. The van der Waals surface area contributed by atoms with Crippen LogP contribution < -0.4 is 10.7 Å². The van der Waals surface area contributed by atoms with E-state index in [1.807, 2.05) is 13.8 Å². The molecule has 0 atom stereocenters. The van der Waals surface area contributed by atoms with Crippen molar-refractivity contribution in [2.75, 3.05) is 32.8 Å². The maximum absolute atomic E-state index is 13.4. The van der Waals surface area contributed by atoms with Crippen molar-refractivity contribution < 1.29 is 22.7 Å². The van der Waals surface area contributed by atoms with Gasteiger partial charge in [-0.1, -0.05) is 12.1 Å². The van der Waals surface area contributed by atoms with E-state index >= 15 is 0 Å². The lowest BCUT2D eigenvalue weighted by molar-refractivity contribution is -0.137. The van der Waals surface area contributed by atoms with Gasteiger partial charge in [0.05, 0.1) is 24.5 Å². The van der Waals surface area contributed by atoms with Gasteiger partial charge in [-0.2, -0.15) is 18.3 Å². The Labute approximate surface area is 177 Å². The van der Waals surface area contributed by atoms with E-state index in [0.717, 1.165) is 16.8 Å². The Morgan fingerprint density at radius 1 is 1.19 bits per heavy atom. The summed E-state index contributed by atoms with van der Waals surface area (Å²) >= 11 is 0. The quantitative estimate of drug-likeness (QED) is 0.776. The van der Waals surface area contributed by atoms with E-state index in [2.05, 4.69) is 15.3 Å². The minimum absolute atomic E-state index is 0.187. The molecule has 7 nitrogen and oxygen atoms in total. The molecule has 2 aromatic rings. The van der Waals surface area contributed by atoms with Crippen LogP contribution in [-0.4, -0.2) is 59.0 Å². The third-order valence-corrected chi connectivity index (χ3v) is 5.31. The summed E-state index contributed by atoms with van der Waals surface area (Å²) in [5.74, 6) is -0.732. The molecular formula is C21H25F3N4O3. The number of rotatable bonds is 5. The number of morpholine rings is 1. The molecule has 31 heavy (non-hydrogen) atoms. The minimum atomic E-state index is -4.61. The van der Waals surface area contributed by atoms with Gasteiger partial charge in [-0.25, -0.2) is 4.68 Å². The number of carbonyl (C=O) groups is 1. The third-order valence-electron chi connectivity index (χ3n) is 5.31. The van der Waals surface area contributed by atoms with Crippen LogP contribution in [-0.2, 0) is 10.9 Å². The zero-order valence-corrected chi connectivity index (χ0v) is 17.6. The number of hydrogen-bond donors (Lipinski definition) is 1. The SMILES string of the molecule is Cc1cc(=O)c(C(=O)NCC(C)(C)N2CCOCC2)nn1-c1ccccc1C(F)(F)F. The summed E-state index contributed by atoms with van der Waals surface area (Å²) in [4.78, 5) is 27.3. The average Bonchev–Trinajstić information content (AvgIpc) is 2.72. The molecule has 10 heteroatoms. The van der Waals surface area contributed by atoms with Crippen molar-refractivity contribution in [1.82, 2.24) is 20.0 Å². The van der Waals surface area contributed by atoms with Gasteiger partial charge >= 0.3 is 6.18 Å². The highest BCUT2D eigenvalue weighted by atomic mass is 19.4. The van der Waals surface area contributed by atoms with Crippen molar-refractivity contribution in [3.8, 4) is 5.69 Å². The monoisotopic (exact) mass is 438 g/mol. The lowest BCUT2D eigenvalue weighted by Crippen LogP contribution is -2.55. The van der Waals surface area contributed by atoms with Gasteiger partial charge in [0.2, 0.25) is 5.43 Å². The Bertz CT molecular complexity index is 1010. The Kier molecular flexibility index (Phi) is 6.51. The molecule has 1 N–H and O–H groups in total. The molecule has 0 unspecified atom stereocenters. The standard InChI is InChI=1S/C21H25F3N4O3/c1-14-12-17(29)18(19(30)25-13-20(2,3)27-8-10-31-11-9-27)26-28(14)16-7-5-4-6-15(16)21(22,23)24/h4-7,12H,8-11,13H2,1-3H3,(H,25,30). The number of nitrogens with one attached hydrogen (secondary N) is 1. The predicted octanol–water partition coefficient (Wildman–Crippen LogP) is 2.40. The highest BCUT2D eigenvalue weighted by molar-refractivity contribution is 5.92. The maximum atomic E-state index is 13.4. The largest absolute Gasteiger partial charge is 0.418 e. The second-order valence-electron chi connectivity index (χ2n) is 8.02. The molecule has 1 aromatic carbocycles. The highest BCUT2D eigenvalue weighted by Crippen LogP contribution is 2.33. The van der Waals surface area contributed by atoms with Crippen LogP contribution in [0.3, 0.4) is 0 Å². The minimum Gasteiger partial charge on any atom is -0.379 e. The maximum Gasteiger partial charge on any atom is 0.418 e. The van der Waals surface area contributed by atoms with E-state index in [4.69, 9.17) is 4.74 Å². The fraction of sp³-hybridized carbons (Fsp3) is 0.476. The number of alkyl halides is 3. The molecule has 1 aliphatic rings. The van der Waals surface area contributed by atoms with Crippen LogP contribution in [0.15, 0.2) is 35.1 Å². The molecule has 1 amide bonds. The van der Waals surface area contributed by atoms with E-state index in [1.165, 1.54) is 25.1 Å². The van der Waals surface area contributed by atoms with Crippen molar-refractivity contribution in [3.63, 3.8) is 0 Å². The number of aryl methyl sites for hydroxylation is 1. The Balaban J connectivity index is 1.88. The van der Waals surface area contributed by atoms with Crippen LogP contribution in [0.4, 0.5) is 13.2 Å². The van der Waals surface area contributed by atoms with E-state index in [1.54, 1.807) is 0 Å². The molecule has 0 spiro atoms. The van der Waals surface area contributed by atoms with Gasteiger partial charge in [0.1, 0.15) is 0 Å². The van der Waals surface area contributed by atoms with Crippen molar-refractivity contribution >= 4 is 5.91 Å². The number of amides is 1.